The van der Waals surface area contributed by atoms with Crippen molar-refractivity contribution in [3.05, 3.63) is 60.1 Å². The Morgan fingerprint density at radius 3 is 2.58 bits per heavy atom. The van der Waals surface area contributed by atoms with Crippen LogP contribution in [0.1, 0.15) is 25.2 Å². The summed E-state index contributed by atoms with van der Waals surface area (Å²) in [5.74, 6) is 0.958. The summed E-state index contributed by atoms with van der Waals surface area (Å²) in [5, 5.41) is 13.8. The lowest BCUT2D eigenvalue weighted by atomic mass is 9.95. The lowest BCUT2D eigenvalue weighted by molar-refractivity contribution is 0.0542. The van der Waals surface area contributed by atoms with Crippen molar-refractivity contribution in [1.82, 2.24) is 5.32 Å². The third-order valence-electron chi connectivity index (χ3n) is 3.28. The van der Waals surface area contributed by atoms with E-state index in [0.717, 1.165) is 17.7 Å². The molecule has 0 aliphatic heterocycles. The molecule has 0 saturated heterocycles. The van der Waals surface area contributed by atoms with Crippen LogP contribution in [0.4, 0.5) is 0 Å². The molecule has 0 amide bonds. The monoisotopic (exact) mass is 259 g/mol. The Hall–Kier alpha value is -1.58. The molecule has 3 nitrogen and oxygen atoms in total. The molecule has 0 bridgehead atoms. The molecule has 2 rings (SSSR count). The van der Waals surface area contributed by atoms with Gasteiger partial charge in [-0.3, -0.25) is 0 Å². The summed E-state index contributed by atoms with van der Waals surface area (Å²) >= 11 is 0. The summed E-state index contributed by atoms with van der Waals surface area (Å²) in [6, 6.07) is 13.8. The van der Waals surface area contributed by atoms with Gasteiger partial charge >= 0.3 is 0 Å². The molecule has 2 aromatic rings. The molecular weight excluding hydrogens is 238 g/mol. The number of hydrogen-bond donors (Lipinski definition) is 2. The molecule has 19 heavy (non-hydrogen) atoms. The lowest BCUT2D eigenvalue weighted by Crippen LogP contribution is -2.40. The van der Waals surface area contributed by atoms with E-state index in [9.17, 15) is 5.11 Å². The highest BCUT2D eigenvalue weighted by Gasteiger charge is 2.23. The largest absolute Gasteiger partial charge is 0.469 e. The Morgan fingerprint density at radius 1 is 1.21 bits per heavy atom. The van der Waals surface area contributed by atoms with Crippen LogP contribution in [0.2, 0.25) is 0 Å². The van der Waals surface area contributed by atoms with E-state index in [2.05, 4.69) is 12.2 Å². The van der Waals surface area contributed by atoms with E-state index in [0.29, 0.717) is 6.54 Å². The second-order valence-electron chi connectivity index (χ2n) is 5.21. The third-order valence-corrected chi connectivity index (χ3v) is 3.28. The van der Waals surface area contributed by atoms with E-state index >= 15 is 0 Å². The van der Waals surface area contributed by atoms with Crippen LogP contribution in [0.5, 0.6) is 0 Å². The van der Waals surface area contributed by atoms with Crippen molar-refractivity contribution >= 4 is 0 Å². The third kappa shape index (κ3) is 3.94. The maximum atomic E-state index is 10.5. The first kappa shape index (κ1) is 13.8. The summed E-state index contributed by atoms with van der Waals surface area (Å²) in [6.45, 7) is 4.43. The van der Waals surface area contributed by atoms with Crippen molar-refractivity contribution in [3.63, 3.8) is 0 Å². The molecule has 2 unspecified atom stereocenters. The number of aliphatic hydroxyl groups is 1. The molecule has 0 fully saturated rings. The molecule has 0 aliphatic carbocycles. The number of rotatable bonds is 6. The summed E-state index contributed by atoms with van der Waals surface area (Å²) < 4.78 is 5.32. The molecular formula is C16H21NO2. The highest BCUT2D eigenvalue weighted by molar-refractivity contribution is 5.21. The van der Waals surface area contributed by atoms with E-state index < -0.39 is 5.60 Å². The quantitative estimate of drug-likeness (QED) is 0.838. The van der Waals surface area contributed by atoms with Gasteiger partial charge in [-0.05, 0) is 31.5 Å². The first-order valence-corrected chi connectivity index (χ1v) is 6.61. The summed E-state index contributed by atoms with van der Waals surface area (Å²) in [7, 11) is 0. The normalized spacial score (nSPS) is 15.9. The van der Waals surface area contributed by atoms with E-state index in [1.165, 1.54) is 0 Å². The molecule has 1 aromatic heterocycles. The van der Waals surface area contributed by atoms with Crippen LogP contribution in [0.3, 0.4) is 0 Å². The van der Waals surface area contributed by atoms with Crippen LogP contribution in [0.15, 0.2) is 53.1 Å². The van der Waals surface area contributed by atoms with Gasteiger partial charge in [-0.15, -0.1) is 0 Å². The molecule has 2 atom stereocenters. The van der Waals surface area contributed by atoms with Crippen molar-refractivity contribution in [2.24, 2.45) is 0 Å². The zero-order valence-electron chi connectivity index (χ0n) is 11.5. The minimum Gasteiger partial charge on any atom is -0.469 e. The molecule has 102 valence electrons. The van der Waals surface area contributed by atoms with Gasteiger partial charge in [0.25, 0.3) is 0 Å². The Kier molecular flexibility index (Phi) is 4.40. The zero-order chi connectivity index (χ0) is 13.7. The Labute approximate surface area is 114 Å². The minimum absolute atomic E-state index is 0.251. The van der Waals surface area contributed by atoms with Gasteiger partial charge in [0, 0.05) is 19.0 Å². The summed E-state index contributed by atoms with van der Waals surface area (Å²) in [5.41, 5.74) is 0.0614. The van der Waals surface area contributed by atoms with Gasteiger partial charge < -0.3 is 14.8 Å². The van der Waals surface area contributed by atoms with Crippen molar-refractivity contribution in [1.29, 1.82) is 0 Å². The summed E-state index contributed by atoms with van der Waals surface area (Å²) in [6.07, 6.45) is 2.50. The number of hydrogen-bond acceptors (Lipinski definition) is 3. The van der Waals surface area contributed by atoms with Gasteiger partial charge in [-0.2, -0.15) is 0 Å². The molecule has 0 spiro atoms. The number of benzene rings is 1. The fourth-order valence-electron chi connectivity index (χ4n) is 2.07. The summed E-state index contributed by atoms with van der Waals surface area (Å²) in [4.78, 5) is 0. The molecule has 1 heterocycles. The number of furan rings is 1. The second-order valence-corrected chi connectivity index (χ2v) is 5.21. The highest BCUT2D eigenvalue weighted by atomic mass is 16.3. The van der Waals surface area contributed by atoms with Crippen LogP contribution in [0, 0.1) is 0 Å². The zero-order valence-corrected chi connectivity index (χ0v) is 11.5. The Balaban J connectivity index is 1.87. The Bertz CT molecular complexity index is 477. The highest BCUT2D eigenvalue weighted by Crippen LogP contribution is 2.19. The Morgan fingerprint density at radius 2 is 1.95 bits per heavy atom. The van der Waals surface area contributed by atoms with E-state index in [1.54, 1.807) is 6.26 Å². The standard InChI is InChI=1S/C16H21NO2/c1-13(11-15-9-6-10-19-15)17-12-16(2,18)14-7-4-3-5-8-14/h3-10,13,17-18H,11-12H2,1-2H3. The van der Waals surface area contributed by atoms with Crippen LogP contribution in [0.25, 0.3) is 0 Å². The van der Waals surface area contributed by atoms with E-state index in [-0.39, 0.29) is 6.04 Å². The first-order valence-electron chi connectivity index (χ1n) is 6.61. The fourth-order valence-corrected chi connectivity index (χ4v) is 2.07. The van der Waals surface area contributed by atoms with Crippen LogP contribution < -0.4 is 5.32 Å². The van der Waals surface area contributed by atoms with Gasteiger partial charge in [-0.25, -0.2) is 0 Å². The van der Waals surface area contributed by atoms with Gasteiger partial charge in [0.1, 0.15) is 5.76 Å². The van der Waals surface area contributed by atoms with Gasteiger partial charge in [0.05, 0.1) is 11.9 Å². The second kappa shape index (κ2) is 6.04. The van der Waals surface area contributed by atoms with Crippen LogP contribution >= 0.6 is 0 Å². The minimum atomic E-state index is -0.862. The van der Waals surface area contributed by atoms with Crippen LogP contribution in [-0.4, -0.2) is 17.7 Å². The maximum absolute atomic E-state index is 10.5. The predicted molar refractivity (Wildman–Crippen MR) is 75.9 cm³/mol. The van der Waals surface area contributed by atoms with Gasteiger partial charge in [-0.1, -0.05) is 30.3 Å². The fraction of sp³-hybridized carbons (Fsp3) is 0.375. The molecule has 1 aromatic carbocycles. The average Bonchev–Trinajstić information content (AvgIpc) is 2.90. The average molecular weight is 259 g/mol. The molecule has 0 aliphatic rings. The maximum Gasteiger partial charge on any atom is 0.105 e. The van der Waals surface area contributed by atoms with Crippen LogP contribution in [-0.2, 0) is 12.0 Å². The first-order chi connectivity index (χ1) is 9.08. The van der Waals surface area contributed by atoms with E-state index in [4.69, 9.17) is 4.42 Å². The number of nitrogens with one attached hydrogen (secondary N) is 1. The molecule has 0 saturated carbocycles. The van der Waals surface area contributed by atoms with Gasteiger partial charge in [0.2, 0.25) is 0 Å². The van der Waals surface area contributed by atoms with Crippen molar-refractivity contribution in [3.8, 4) is 0 Å². The smallest absolute Gasteiger partial charge is 0.105 e. The van der Waals surface area contributed by atoms with Crippen molar-refractivity contribution < 1.29 is 9.52 Å². The topological polar surface area (TPSA) is 45.4 Å². The van der Waals surface area contributed by atoms with Crippen molar-refractivity contribution in [2.75, 3.05) is 6.54 Å². The lowest BCUT2D eigenvalue weighted by Gasteiger charge is -2.26. The molecule has 0 radical (unpaired) electrons. The van der Waals surface area contributed by atoms with Crippen molar-refractivity contribution in [2.45, 2.75) is 31.9 Å². The molecule has 3 heteroatoms. The van der Waals surface area contributed by atoms with E-state index in [1.807, 2.05) is 49.4 Å². The van der Waals surface area contributed by atoms with Gasteiger partial charge in [0.15, 0.2) is 0 Å². The molecule has 2 N–H and O–H groups in total. The SMILES string of the molecule is CC(Cc1ccco1)NCC(C)(O)c1ccccc1. The predicted octanol–water partition coefficient (Wildman–Crippen LogP) is 2.71.